The van der Waals surface area contributed by atoms with Crippen molar-refractivity contribution >= 4 is 31.3 Å². The zero-order valence-corrected chi connectivity index (χ0v) is 17.7. The highest BCUT2D eigenvalue weighted by Gasteiger charge is 2.41. The van der Waals surface area contributed by atoms with Crippen LogP contribution in [0.15, 0.2) is 30.3 Å². The summed E-state index contributed by atoms with van der Waals surface area (Å²) in [5.74, 6) is 3.11. The number of rotatable bonds is 3. The van der Waals surface area contributed by atoms with Gasteiger partial charge in [-0.25, -0.2) is 4.39 Å². The van der Waals surface area contributed by atoms with Gasteiger partial charge in [-0.15, -0.1) is 18.0 Å². The summed E-state index contributed by atoms with van der Waals surface area (Å²) in [6, 6.07) is 8.12. The summed E-state index contributed by atoms with van der Waals surface area (Å²) >= 11 is 0. The lowest BCUT2D eigenvalue weighted by Gasteiger charge is -2.38. The fraction of sp³-hybridized carbons (Fsp3) is 0.429. The van der Waals surface area contributed by atoms with Crippen LogP contribution in [0, 0.1) is 17.3 Å². The minimum atomic E-state index is -1.91. The van der Waals surface area contributed by atoms with Crippen LogP contribution in [-0.4, -0.2) is 13.2 Å². The number of phenols is 1. The Morgan fingerprint density at radius 2 is 1.48 bits per heavy atom. The van der Waals surface area contributed by atoms with Gasteiger partial charge in [0.2, 0.25) is 0 Å². The molecule has 2 rings (SSSR count). The van der Waals surface area contributed by atoms with Crippen LogP contribution in [0.3, 0.4) is 0 Å². The van der Waals surface area contributed by atoms with Gasteiger partial charge in [0.1, 0.15) is 19.6 Å². The Morgan fingerprint density at radius 3 is 2.00 bits per heavy atom. The van der Waals surface area contributed by atoms with Crippen LogP contribution in [0.4, 0.5) is 4.39 Å². The third kappa shape index (κ3) is 4.02. The van der Waals surface area contributed by atoms with Crippen LogP contribution in [-0.2, 0) is 0 Å². The van der Waals surface area contributed by atoms with E-state index in [0.29, 0.717) is 22.2 Å². The minimum absolute atomic E-state index is 0. The summed E-state index contributed by atoms with van der Waals surface area (Å²) in [5, 5.41) is 11.2. The number of phenolic OH excluding ortho intramolecular Hbond substituents is 1. The molecule has 0 radical (unpaired) electrons. The number of fused-ring (bicyclic) bond motifs is 1. The summed E-state index contributed by atoms with van der Waals surface area (Å²) in [5.41, 5.74) is 5.55. The van der Waals surface area contributed by atoms with Crippen LogP contribution in [0.25, 0.3) is 10.8 Å². The molecule has 0 aliphatic heterocycles. The van der Waals surface area contributed by atoms with Crippen molar-refractivity contribution < 1.29 is 9.50 Å². The zero-order chi connectivity index (χ0) is 18.1. The van der Waals surface area contributed by atoms with Crippen molar-refractivity contribution in [2.45, 2.75) is 58.2 Å². The first kappa shape index (κ1) is 21.5. The predicted octanol–water partition coefficient (Wildman–Crippen LogP) is 6.68. The van der Waals surface area contributed by atoms with Gasteiger partial charge in [0, 0.05) is 5.39 Å². The van der Waals surface area contributed by atoms with E-state index in [0.717, 1.165) is 10.8 Å². The second-order valence-electron chi connectivity index (χ2n) is 7.47. The molecular formula is C21H28ClFOSi. The third-order valence-corrected chi connectivity index (χ3v) is 11.5. The second kappa shape index (κ2) is 8.25. The van der Waals surface area contributed by atoms with E-state index in [4.69, 9.17) is 0 Å². The van der Waals surface area contributed by atoms with E-state index in [9.17, 15) is 9.50 Å². The van der Waals surface area contributed by atoms with E-state index >= 15 is 0 Å². The Hall–Kier alpha value is -1.50. The molecule has 0 heterocycles. The van der Waals surface area contributed by atoms with Crippen molar-refractivity contribution in [1.29, 1.82) is 0 Å². The third-order valence-electron chi connectivity index (χ3n) is 5.22. The van der Waals surface area contributed by atoms with Gasteiger partial charge in [-0.1, -0.05) is 53.5 Å². The first-order valence-electron chi connectivity index (χ1n) is 8.64. The van der Waals surface area contributed by atoms with Crippen molar-refractivity contribution in [3.05, 3.63) is 41.7 Å². The quantitative estimate of drug-likeness (QED) is 0.466. The SMILES string of the molecule is CC(C)[Si](C#Cc1c(F)ccc2cc(O)ccc12)(C(C)C)C(C)C.Cl. The van der Waals surface area contributed by atoms with E-state index < -0.39 is 8.07 Å². The van der Waals surface area contributed by atoms with Gasteiger partial charge in [0.25, 0.3) is 0 Å². The van der Waals surface area contributed by atoms with Gasteiger partial charge in [0.15, 0.2) is 0 Å². The molecule has 0 amide bonds. The molecule has 0 saturated heterocycles. The molecule has 2 aromatic rings. The summed E-state index contributed by atoms with van der Waals surface area (Å²) in [4.78, 5) is 0. The van der Waals surface area contributed by atoms with E-state index in [2.05, 4.69) is 53.0 Å². The fourth-order valence-corrected chi connectivity index (χ4v) is 9.23. The maximum Gasteiger partial charge on any atom is 0.146 e. The number of hydrogen-bond acceptors (Lipinski definition) is 1. The summed E-state index contributed by atoms with van der Waals surface area (Å²) in [7, 11) is -1.91. The first-order valence-corrected chi connectivity index (χ1v) is 10.9. The van der Waals surface area contributed by atoms with Crippen molar-refractivity contribution in [1.82, 2.24) is 0 Å². The highest BCUT2D eigenvalue weighted by molar-refractivity contribution is 6.90. The Kier molecular flexibility index (Phi) is 7.11. The number of hydrogen-bond donors (Lipinski definition) is 1. The minimum Gasteiger partial charge on any atom is -0.508 e. The normalized spacial score (nSPS) is 11.6. The molecule has 0 bridgehead atoms. The van der Waals surface area contributed by atoms with Gasteiger partial charge in [-0.2, -0.15) is 0 Å². The van der Waals surface area contributed by atoms with E-state index in [1.165, 1.54) is 6.07 Å². The topological polar surface area (TPSA) is 20.2 Å². The molecule has 0 spiro atoms. The average Bonchev–Trinajstić information content (AvgIpc) is 2.48. The number of aromatic hydroxyl groups is 1. The molecule has 0 aliphatic rings. The van der Waals surface area contributed by atoms with Crippen LogP contribution >= 0.6 is 12.4 Å². The predicted molar refractivity (Wildman–Crippen MR) is 111 cm³/mol. The molecule has 0 atom stereocenters. The number of halogens is 2. The molecule has 1 nitrogen and oxygen atoms in total. The molecule has 25 heavy (non-hydrogen) atoms. The highest BCUT2D eigenvalue weighted by Crippen LogP contribution is 2.41. The lowest BCUT2D eigenvalue weighted by atomic mass is 10.0. The standard InChI is InChI=1S/C21H27FOSi.ClH/c1-14(2)24(15(3)4,16(5)6)12-11-20-19-9-8-18(23)13-17(19)7-10-21(20)22;/h7-10,13-16,23H,1-6H3;1H. The van der Waals surface area contributed by atoms with Crippen LogP contribution in [0.1, 0.15) is 47.1 Å². The van der Waals surface area contributed by atoms with Crippen molar-refractivity contribution in [3.63, 3.8) is 0 Å². The molecule has 0 fully saturated rings. The highest BCUT2D eigenvalue weighted by atomic mass is 35.5. The molecular weight excluding hydrogens is 351 g/mol. The van der Waals surface area contributed by atoms with E-state index in [1.807, 2.05) is 0 Å². The zero-order valence-electron chi connectivity index (χ0n) is 15.9. The Balaban J connectivity index is 0.00000312. The molecule has 2 aromatic carbocycles. The van der Waals surface area contributed by atoms with Crippen LogP contribution in [0.2, 0.25) is 16.6 Å². The molecule has 1 N–H and O–H groups in total. The van der Waals surface area contributed by atoms with Gasteiger partial charge < -0.3 is 5.11 Å². The van der Waals surface area contributed by atoms with Crippen molar-refractivity contribution in [3.8, 4) is 17.2 Å². The Bertz CT molecular complexity index is 781. The summed E-state index contributed by atoms with van der Waals surface area (Å²) < 4.78 is 14.4. The van der Waals surface area contributed by atoms with Gasteiger partial charge >= 0.3 is 0 Å². The van der Waals surface area contributed by atoms with Gasteiger partial charge in [-0.05, 0) is 46.3 Å². The molecule has 0 aromatic heterocycles. The summed E-state index contributed by atoms with van der Waals surface area (Å²) in [6.07, 6.45) is 0. The lowest BCUT2D eigenvalue weighted by Crippen LogP contribution is -2.43. The maximum absolute atomic E-state index is 14.4. The number of benzene rings is 2. The average molecular weight is 379 g/mol. The Morgan fingerprint density at radius 1 is 0.920 bits per heavy atom. The largest absolute Gasteiger partial charge is 0.508 e. The monoisotopic (exact) mass is 378 g/mol. The van der Waals surface area contributed by atoms with Crippen molar-refractivity contribution in [2.75, 3.05) is 0 Å². The Labute approximate surface area is 158 Å². The fourth-order valence-electron chi connectivity index (χ4n) is 4.02. The summed E-state index contributed by atoms with van der Waals surface area (Å²) in [6.45, 7) is 13.5. The van der Waals surface area contributed by atoms with Crippen molar-refractivity contribution in [2.24, 2.45) is 0 Å². The second-order valence-corrected chi connectivity index (χ2v) is 13.1. The van der Waals surface area contributed by atoms with E-state index in [1.54, 1.807) is 24.3 Å². The molecule has 4 heteroatoms. The van der Waals surface area contributed by atoms with Crippen LogP contribution in [0.5, 0.6) is 5.75 Å². The molecule has 136 valence electrons. The lowest BCUT2D eigenvalue weighted by molar-refractivity contribution is 0.476. The smallest absolute Gasteiger partial charge is 0.146 e. The molecule has 0 saturated carbocycles. The van der Waals surface area contributed by atoms with Gasteiger partial charge in [-0.3, -0.25) is 0 Å². The first-order chi connectivity index (χ1) is 11.2. The van der Waals surface area contributed by atoms with Crippen LogP contribution < -0.4 is 0 Å². The van der Waals surface area contributed by atoms with Gasteiger partial charge in [0.05, 0.1) is 5.56 Å². The molecule has 0 aliphatic carbocycles. The maximum atomic E-state index is 14.4. The molecule has 0 unspecified atom stereocenters. The van der Waals surface area contributed by atoms with E-state index in [-0.39, 0.29) is 24.0 Å².